The van der Waals surface area contributed by atoms with Crippen LogP contribution < -0.4 is 9.62 Å². The van der Waals surface area contributed by atoms with E-state index >= 15 is 0 Å². The molecule has 3 aromatic carbocycles. The van der Waals surface area contributed by atoms with Crippen LogP contribution in [0, 0.1) is 3.57 Å². The molecule has 7 nitrogen and oxygen atoms in total. The molecule has 3 aromatic rings. The monoisotopic (exact) mass is 633 g/mol. The van der Waals surface area contributed by atoms with Crippen LogP contribution in [0.4, 0.5) is 5.69 Å². The van der Waals surface area contributed by atoms with E-state index in [1.807, 2.05) is 44.2 Å². The van der Waals surface area contributed by atoms with Gasteiger partial charge in [-0.2, -0.15) is 0 Å². The first-order valence-electron chi connectivity index (χ1n) is 12.1. The predicted molar refractivity (Wildman–Crippen MR) is 155 cm³/mol. The molecule has 0 spiro atoms. The van der Waals surface area contributed by atoms with Gasteiger partial charge in [-0.05, 0) is 91.7 Å². The molecular formula is C28H32IN3O4S. The number of hydrogen-bond donors (Lipinski definition) is 1. The van der Waals surface area contributed by atoms with Crippen molar-refractivity contribution in [2.24, 2.45) is 0 Å². The van der Waals surface area contributed by atoms with Crippen LogP contribution in [0.1, 0.15) is 26.3 Å². The Morgan fingerprint density at radius 1 is 0.865 bits per heavy atom. The van der Waals surface area contributed by atoms with Gasteiger partial charge in [0, 0.05) is 16.2 Å². The van der Waals surface area contributed by atoms with Gasteiger partial charge in [-0.25, -0.2) is 8.42 Å². The second-order valence-electron chi connectivity index (χ2n) is 8.96. The van der Waals surface area contributed by atoms with Crippen molar-refractivity contribution >= 4 is 50.1 Å². The van der Waals surface area contributed by atoms with Gasteiger partial charge in [-0.1, -0.05) is 48.5 Å². The number of halogens is 1. The minimum atomic E-state index is -4.04. The number of amides is 2. The molecule has 196 valence electrons. The molecule has 1 N–H and O–H groups in total. The van der Waals surface area contributed by atoms with Gasteiger partial charge < -0.3 is 10.2 Å². The lowest BCUT2D eigenvalue weighted by Gasteiger charge is -2.32. The lowest BCUT2D eigenvalue weighted by molar-refractivity contribution is -0.139. The molecule has 0 aliphatic rings. The van der Waals surface area contributed by atoms with Crippen LogP contribution in [-0.4, -0.2) is 50.3 Å². The van der Waals surface area contributed by atoms with Crippen LogP contribution in [0.2, 0.25) is 0 Å². The summed E-state index contributed by atoms with van der Waals surface area (Å²) in [7, 11) is -4.04. The van der Waals surface area contributed by atoms with Crippen LogP contribution in [0.3, 0.4) is 0 Å². The van der Waals surface area contributed by atoms with Crippen LogP contribution in [0.5, 0.6) is 0 Å². The highest BCUT2D eigenvalue weighted by Gasteiger charge is 2.32. The molecule has 1 atom stereocenters. The lowest BCUT2D eigenvalue weighted by Crippen LogP contribution is -2.53. The van der Waals surface area contributed by atoms with E-state index in [0.717, 1.165) is 13.4 Å². The maximum absolute atomic E-state index is 13.8. The summed E-state index contributed by atoms with van der Waals surface area (Å²) in [5.41, 5.74) is 1.39. The normalized spacial score (nSPS) is 12.1. The molecule has 0 fully saturated rings. The molecule has 0 saturated carbocycles. The number of anilines is 1. The third-order valence-electron chi connectivity index (χ3n) is 5.81. The van der Waals surface area contributed by atoms with Crippen molar-refractivity contribution in [1.82, 2.24) is 10.2 Å². The minimum absolute atomic E-state index is 0.0859. The van der Waals surface area contributed by atoms with E-state index in [2.05, 4.69) is 27.9 Å². The highest BCUT2D eigenvalue weighted by molar-refractivity contribution is 14.1. The summed E-state index contributed by atoms with van der Waals surface area (Å²) >= 11 is 2.14. The molecule has 2 amide bonds. The Morgan fingerprint density at radius 3 is 2.00 bits per heavy atom. The Morgan fingerprint density at radius 2 is 1.43 bits per heavy atom. The maximum Gasteiger partial charge on any atom is 0.264 e. The second kappa shape index (κ2) is 13.0. The van der Waals surface area contributed by atoms with Gasteiger partial charge in [0.1, 0.15) is 12.6 Å². The first kappa shape index (κ1) is 28.6. The molecule has 0 bridgehead atoms. The molecule has 0 aromatic heterocycles. The number of hydrogen-bond acceptors (Lipinski definition) is 4. The highest BCUT2D eigenvalue weighted by atomic mass is 127. The lowest BCUT2D eigenvalue weighted by atomic mass is 10.1. The molecule has 0 heterocycles. The second-order valence-corrected chi connectivity index (χ2v) is 12.1. The van der Waals surface area contributed by atoms with E-state index < -0.39 is 28.5 Å². The zero-order valence-corrected chi connectivity index (χ0v) is 24.1. The molecule has 3 rings (SSSR count). The van der Waals surface area contributed by atoms with Crippen molar-refractivity contribution in [3.05, 3.63) is 94.1 Å². The van der Waals surface area contributed by atoms with Gasteiger partial charge in [0.2, 0.25) is 11.8 Å². The Hall–Kier alpha value is -2.92. The number of benzene rings is 3. The van der Waals surface area contributed by atoms with Gasteiger partial charge in [0.15, 0.2) is 0 Å². The van der Waals surface area contributed by atoms with Crippen molar-refractivity contribution in [2.75, 3.05) is 17.4 Å². The fraction of sp³-hybridized carbons (Fsp3) is 0.286. The van der Waals surface area contributed by atoms with Crippen molar-refractivity contribution in [1.29, 1.82) is 0 Å². The summed E-state index contributed by atoms with van der Waals surface area (Å²) in [6, 6.07) is 23.8. The predicted octanol–water partition coefficient (Wildman–Crippen LogP) is 4.47. The first-order chi connectivity index (χ1) is 17.6. The summed E-state index contributed by atoms with van der Waals surface area (Å²) < 4.78 is 29.4. The molecule has 0 radical (unpaired) electrons. The van der Waals surface area contributed by atoms with E-state index in [1.165, 1.54) is 17.0 Å². The molecular weight excluding hydrogens is 601 g/mol. The highest BCUT2D eigenvalue weighted by Crippen LogP contribution is 2.25. The Bertz CT molecular complexity index is 1280. The van der Waals surface area contributed by atoms with E-state index in [9.17, 15) is 18.0 Å². The summed E-state index contributed by atoms with van der Waals surface area (Å²) in [6.45, 7) is 5.20. The fourth-order valence-electron chi connectivity index (χ4n) is 3.83. The Balaban J connectivity index is 1.95. The number of carbonyl (C=O) groups excluding carboxylic acids is 2. The summed E-state index contributed by atoms with van der Waals surface area (Å²) in [6.07, 6.45) is 0.529. The topological polar surface area (TPSA) is 86.8 Å². The summed E-state index contributed by atoms with van der Waals surface area (Å²) in [4.78, 5) is 28.2. The van der Waals surface area contributed by atoms with E-state index in [4.69, 9.17) is 0 Å². The molecule has 0 aliphatic carbocycles. The largest absolute Gasteiger partial charge is 0.352 e. The minimum Gasteiger partial charge on any atom is -0.352 e. The van der Waals surface area contributed by atoms with E-state index in [-0.39, 0.29) is 23.4 Å². The van der Waals surface area contributed by atoms with Crippen LogP contribution in [0.15, 0.2) is 89.8 Å². The maximum atomic E-state index is 13.8. The van der Waals surface area contributed by atoms with Crippen LogP contribution in [-0.2, 0) is 26.0 Å². The van der Waals surface area contributed by atoms with E-state index in [0.29, 0.717) is 12.1 Å². The molecule has 0 aliphatic heterocycles. The number of nitrogens with zero attached hydrogens (tertiary/aromatic N) is 2. The smallest absolute Gasteiger partial charge is 0.264 e. The fourth-order valence-corrected chi connectivity index (χ4v) is 5.63. The van der Waals surface area contributed by atoms with Crippen LogP contribution >= 0.6 is 22.6 Å². The summed E-state index contributed by atoms with van der Waals surface area (Å²) in [5.74, 6) is -0.747. The third-order valence-corrected chi connectivity index (χ3v) is 8.31. The number of rotatable bonds is 11. The molecule has 1 unspecified atom stereocenters. The standard InChI is InChI=1S/C28H32IN3O4S/c1-21(2)30-28(34)22(3)31(19-18-23-10-6-4-7-11-23)27(33)20-32(25-16-14-24(29)15-17-25)37(35,36)26-12-8-5-9-13-26/h4-17,21-22H,18-20H2,1-3H3,(H,30,34). The van der Waals surface area contributed by atoms with Gasteiger partial charge in [-0.15, -0.1) is 0 Å². The SMILES string of the molecule is CC(C)NC(=O)C(C)N(CCc1ccccc1)C(=O)CN(c1ccc(I)cc1)S(=O)(=O)c1ccccc1. The summed E-state index contributed by atoms with van der Waals surface area (Å²) in [5, 5.41) is 2.86. The van der Waals surface area contributed by atoms with Gasteiger partial charge in [0.25, 0.3) is 10.0 Å². The first-order valence-corrected chi connectivity index (χ1v) is 14.6. The van der Waals surface area contributed by atoms with Crippen molar-refractivity contribution in [3.63, 3.8) is 0 Å². The van der Waals surface area contributed by atoms with Gasteiger partial charge in [-0.3, -0.25) is 13.9 Å². The third kappa shape index (κ3) is 7.78. The average Bonchev–Trinajstić information content (AvgIpc) is 2.88. The molecule has 0 saturated heterocycles. The Labute approximate surface area is 233 Å². The number of nitrogens with one attached hydrogen (secondary N) is 1. The number of carbonyl (C=O) groups is 2. The molecule has 37 heavy (non-hydrogen) atoms. The van der Waals surface area contributed by atoms with Crippen molar-refractivity contribution in [2.45, 2.75) is 44.2 Å². The average molecular weight is 634 g/mol. The zero-order valence-electron chi connectivity index (χ0n) is 21.2. The van der Waals surface area contributed by atoms with Crippen molar-refractivity contribution < 1.29 is 18.0 Å². The number of sulfonamides is 1. The van der Waals surface area contributed by atoms with E-state index in [1.54, 1.807) is 49.4 Å². The van der Waals surface area contributed by atoms with Crippen LogP contribution in [0.25, 0.3) is 0 Å². The quantitative estimate of drug-likeness (QED) is 0.316. The van der Waals surface area contributed by atoms with Gasteiger partial charge in [0.05, 0.1) is 10.6 Å². The zero-order chi connectivity index (χ0) is 27.0. The molecule has 9 heteroatoms. The van der Waals surface area contributed by atoms with Gasteiger partial charge >= 0.3 is 0 Å². The van der Waals surface area contributed by atoms with Crippen molar-refractivity contribution in [3.8, 4) is 0 Å². The Kier molecular flexibility index (Phi) is 10.1.